The average Bonchev–Trinajstić information content (AvgIpc) is 2.61. The monoisotopic (exact) mass is 444 g/mol. The van der Waals surface area contributed by atoms with Crippen LogP contribution in [0.25, 0.3) is 0 Å². The van der Waals surface area contributed by atoms with Gasteiger partial charge in [-0.05, 0) is 43.3 Å². The molecule has 0 saturated carbocycles. The number of anilines is 2. The van der Waals surface area contributed by atoms with Crippen molar-refractivity contribution < 1.29 is 22.7 Å². The van der Waals surface area contributed by atoms with Gasteiger partial charge in [-0.1, -0.05) is 29.3 Å². The molecule has 0 aliphatic heterocycles. The van der Waals surface area contributed by atoms with Crippen LogP contribution in [0, 0.1) is 0 Å². The van der Waals surface area contributed by atoms with Crippen LogP contribution < -0.4 is 9.62 Å². The largest absolute Gasteiger partial charge is 0.465 e. The fourth-order valence-corrected chi connectivity index (χ4v) is 4.08. The zero-order valence-electron chi connectivity index (χ0n) is 15.3. The number of rotatable bonds is 6. The second-order valence-electron chi connectivity index (χ2n) is 5.89. The van der Waals surface area contributed by atoms with Gasteiger partial charge in [0.15, 0.2) is 0 Å². The first kappa shape index (κ1) is 22.0. The highest BCUT2D eigenvalue weighted by molar-refractivity contribution is 7.92. The summed E-state index contributed by atoms with van der Waals surface area (Å²) in [4.78, 5) is 24.4. The van der Waals surface area contributed by atoms with Crippen LogP contribution in [0.2, 0.25) is 10.0 Å². The number of nitrogens with zero attached hydrogens (tertiary/aromatic N) is 1. The number of halogens is 2. The van der Waals surface area contributed by atoms with Crippen LogP contribution in [0.15, 0.2) is 42.5 Å². The van der Waals surface area contributed by atoms with Crippen LogP contribution in [0.3, 0.4) is 0 Å². The molecule has 1 N–H and O–H groups in total. The molecule has 2 aromatic rings. The lowest BCUT2D eigenvalue weighted by molar-refractivity contribution is -0.116. The van der Waals surface area contributed by atoms with Gasteiger partial charge in [-0.15, -0.1) is 0 Å². The normalized spacial score (nSPS) is 12.2. The molecule has 0 unspecified atom stereocenters. The SMILES string of the molecule is COC(=O)c1cc(NC(=O)[C@H](C)N(c2cccc(Cl)c2)S(C)(=O)=O)ccc1Cl. The van der Waals surface area contributed by atoms with Crippen LogP contribution in [-0.4, -0.2) is 39.7 Å². The van der Waals surface area contributed by atoms with E-state index in [1.54, 1.807) is 12.1 Å². The standard InChI is InChI=1S/C18H18Cl2N2O5S/c1-11(22(28(3,25)26)14-6-4-5-12(19)9-14)17(23)21-13-7-8-16(20)15(10-13)18(24)27-2/h4-11H,1-3H3,(H,21,23)/t11-/m0/s1. The number of carbonyl (C=O) groups is 2. The van der Waals surface area contributed by atoms with Gasteiger partial charge in [0.1, 0.15) is 6.04 Å². The fraction of sp³-hybridized carbons (Fsp3) is 0.222. The Morgan fingerprint density at radius 1 is 1.14 bits per heavy atom. The molecule has 0 radical (unpaired) electrons. The zero-order valence-corrected chi connectivity index (χ0v) is 17.6. The molecule has 2 aromatic carbocycles. The summed E-state index contributed by atoms with van der Waals surface area (Å²) in [6, 6.07) is 9.34. The molecule has 1 atom stereocenters. The summed E-state index contributed by atoms with van der Waals surface area (Å²) in [6.45, 7) is 1.44. The molecule has 0 aliphatic carbocycles. The van der Waals surface area contributed by atoms with E-state index in [1.807, 2.05) is 0 Å². The lowest BCUT2D eigenvalue weighted by Gasteiger charge is -2.28. The molecule has 0 heterocycles. The third kappa shape index (κ3) is 5.15. The van der Waals surface area contributed by atoms with Crippen molar-refractivity contribution in [1.29, 1.82) is 0 Å². The number of esters is 1. The van der Waals surface area contributed by atoms with Gasteiger partial charge in [0.05, 0.1) is 29.6 Å². The van der Waals surface area contributed by atoms with Crippen molar-refractivity contribution in [2.24, 2.45) is 0 Å². The number of carbonyl (C=O) groups excluding carboxylic acids is 2. The highest BCUT2D eigenvalue weighted by Gasteiger charge is 2.29. The van der Waals surface area contributed by atoms with Crippen molar-refractivity contribution >= 4 is 56.5 Å². The molecular formula is C18H18Cl2N2O5S. The molecule has 0 fully saturated rings. The minimum Gasteiger partial charge on any atom is -0.465 e. The Bertz CT molecular complexity index is 1010. The molecule has 0 aromatic heterocycles. The van der Waals surface area contributed by atoms with Gasteiger partial charge in [0.2, 0.25) is 15.9 Å². The number of hydrogen-bond acceptors (Lipinski definition) is 5. The first-order valence-corrected chi connectivity index (χ1v) is 10.6. The smallest absolute Gasteiger partial charge is 0.339 e. The van der Waals surface area contributed by atoms with E-state index in [9.17, 15) is 18.0 Å². The van der Waals surface area contributed by atoms with E-state index in [4.69, 9.17) is 23.2 Å². The first-order chi connectivity index (χ1) is 13.0. The molecular weight excluding hydrogens is 427 g/mol. The molecule has 0 aliphatic rings. The Labute approximate surface area is 173 Å². The third-order valence-corrected chi connectivity index (χ3v) is 5.60. The zero-order chi connectivity index (χ0) is 21.1. The van der Waals surface area contributed by atoms with Crippen LogP contribution in [0.4, 0.5) is 11.4 Å². The number of methoxy groups -OCH3 is 1. The van der Waals surface area contributed by atoms with Crippen molar-refractivity contribution in [3.05, 3.63) is 58.1 Å². The van der Waals surface area contributed by atoms with Crippen LogP contribution in [-0.2, 0) is 19.6 Å². The molecule has 150 valence electrons. The molecule has 0 bridgehead atoms. The topological polar surface area (TPSA) is 92.8 Å². The van der Waals surface area contributed by atoms with E-state index in [0.717, 1.165) is 10.6 Å². The van der Waals surface area contributed by atoms with E-state index < -0.39 is 27.9 Å². The van der Waals surface area contributed by atoms with E-state index in [2.05, 4.69) is 10.1 Å². The maximum atomic E-state index is 12.7. The second-order valence-corrected chi connectivity index (χ2v) is 8.59. The summed E-state index contributed by atoms with van der Waals surface area (Å²) in [5.41, 5.74) is 0.592. The lowest BCUT2D eigenvalue weighted by atomic mass is 10.2. The maximum absolute atomic E-state index is 12.7. The minimum absolute atomic E-state index is 0.0735. The summed E-state index contributed by atoms with van der Waals surface area (Å²) in [7, 11) is -2.58. The van der Waals surface area contributed by atoms with Crippen molar-refractivity contribution in [1.82, 2.24) is 0 Å². The summed E-state index contributed by atoms with van der Waals surface area (Å²) >= 11 is 11.9. The number of benzene rings is 2. The Balaban J connectivity index is 2.33. The van der Waals surface area contributed by atoms with Crippen molar-refractivity contribution in [2.45, 2.75) is 13.0 Å². The third-order valence-electron chi connectivity index (χ3n) is 3.79. The highest BCUT2D eigenvalue weighted by atomic mass is 35.5. The van der Waals surface area contributed by atoms with Crippen LogP contribution in [0.5, 0.6) is 0 Å². The van der Waals surface area contributed by atoms with Crippen molar-refractivity contribution in [3.8, 4) is 0 Å². The average molecular weight is 445 g/mol. The predicted molar refractivity (Wildman–Crippen MR) is 110 cm³/mol. The molecule has 2 rings (SSSR count). The predicted octanol–water partition coefficient (Wildman–Crippen LogP) is 3.57. The Kier molecular flexibility index (Phi) is 6.92. The van der Waals surface area contributed by atoms with E-state index in [1.165, 1.54) is 44.4 Å². The molecule has 1 amide bonds. The number of amides is 1. The van der Waals surface area contributed by atoms with Gasteiger partial charge in [-0.25, -0.2) is 13.2 Å². The van der Waals surface area contributed by atoms with Crippen molar-refractivity contribution in [3.63, 3.8) is 0 Å². The lowest BCUT2D eigenvalue weighted by Crippen LogP contribution is -2.45. The number of nitrogens with one attached hydrogen (secondary N) is 1. The number of sulfonamides is 1. The van der Waals surface area contributed by atoms with Gasteiger partial charge in [-0.2, -0.15) is 0 Å². The van der Waals surface area contributed by atoms with E-state index >= 15 is 0 Å². The van der Waals surface area contributed by atoms with Crippen LogP contribution in [0.1, 0.15) is 17.3 Å². The summed E-state index contributed by atoms with van der Waals surface area (Å²) in [6.07, 6.45) is 0.995. The quantitative estimate of drug-likeness (QED) is 0.687. The van der Waals surface area contributed by atoms with E-state index in [0.29, 0.717) is 5.02 Å². The highest BCUT2D eigenvalue weighted by Crippen LogP contribution is 2.26. The van der Waals surface area contributed by atoms with Gasteiger partial charge in [-0.3, -0.25) is 9.10 Å². The Morgan fingerprint density at radius 3 is 2.39 bits per heavy atom. The molecule has 7 nitrogen and oxygen atoms in total. The van der Waals surface area contributed by atoms with Gasteiger partial charge in [0, 0.05) is 10.7 Å². The Morgan fingerprint density at radius 2 is 1.82 bits per heavy atom. The van der Waals surface area contributed by atoms with Gasteiger partial charge < -0.3 is 10.1 Å². The molecule has 0 saturated heterocycles. The summed E-state index contributed by atoms with van der Waals surface area (Å²) in [5, 5.41) is 3.07. The van der Waals surface area contributed by atoms with Crippen molar-refractivity contribution in [2.75, 3.05) is 23.0 Å². The maximum Gasteiger partial charge on any atom is 0.339 e. The molecule has 28 heavy (non-hydrogen) atoms. The fourth-order valence-electron chi connectivity index (χ4n) is 2.54. The van der Waals surface area contributed by atoms with E-state index in [-0.39, 0.29) is 22.0 Å². The molecule has 10 heteroatoms. The number of ether oxygens (including phenoxy) is 1. The van der Waals surface area contributed by atoms with Gasteiger partial charge >= 0.3 is 5.97 Å². The number of hydrogen-bond donors (Lipinski definition) is 1. The Hall–Kier alpha value is -2.29. The summed E-state index contributed by atoms with van der Waals surface area (Å²) < 4.78 is 30.2. The van der Waals surface area contributed by atoms with Crippen LogP contribution >= 0.6 is 23.2 Å². The molecule has 0 spiro atoms. The second kappa shape index (κ2) is 8.81. The summed E-state index contributed by atoms with van der Waals surface area (Å²) in [5.74, 6) is -1.27. The van der Waals surface area contributed by atoms with Gasteiger partial charge in [0.25, 0.3) is 0 Å². The minimum atomic E-state index is -3.78. The first-order valence-electron chi connectivity index (χ1n) is 7.98.